The molecule has 0 spiro atoms. The van der Waals surface area contributed by atoms with Crippen LogP contribution in [-0.2, 0) is 4.74 Å². The monoisotopic (exact) mass is 341 g/mol. The van der Waals surface area contributed by atoms with Crippen LogP contribution in [0.15, 0.2) is 47.3 Å². The molecule has 1 unspecified atom stereocenters. The van der Waals surface area contributed by atoms with Crippen LogP contribution in [0.4, 0.5) is 13.2 Å². The number of halogens is 3. The standard InChI is InChI=1S/C18H22F3NO2/c1-12-11-17(16(9-10-23-4)13(2)22(12)3)14-5-7-15(8-6-14)24-18(19,20)21/h5-8,11,17H,9-10H2,1-4H3. The van der Waals surface area contributed by atoms with Crippen molar-refractivity contribution >= 4 is 0 Å². The first-order valence-corrected chi connectivity index (χ1v) is 7.69. The lowest BCUT2D eigenvalue weighted by atomic mass is 9.85. The molecule has 1 aliphatic rings. The van der Waals surface area contributed by atoms with Gasteiger partial charge in [0.25, 0.3) is 0 Å². The molecule has 1 atom stereocenters. The van der Waals surface area contributed by atoms with Gasteiger partial charge in [-0.15, -0.1) is 13.2 Å². The van der Waals surface area contributed by atoms with E-state index in [1.807, 2.05) is 14.0 Å². The lowest BCUT2D eigenvalue weighted by Gasteiger charge is -2.33. The van der Waals surface area contributed by atoms with Gasteiger partial charge in [-0.2, -0.15) is 0 Å². The van der Waals surface area contributed by atoms with Crippen molar-refractivity contribution in [1.29, 1.82) is 0 Å². The number of alkyl halides is 3. The molecule has 0 fully saturated rings. The maximum Gasteiger partial charge on any atom is 0.573 e. The molecule has 0 aromatic heterocycles. The number of ether oxygens (including phenoxy) is 2. The molecule has 132 valence electrons. The third-order valence-corrected chi connectivity index (χ3v) is 4.33. The van der Waals surface area contributed by atoms with Crippen LogP contribution in [-0.4, -0.2) is 32.0 Å². The van der Waals surface area contributed by atoms with Crippen LogP contribution >= 0.6 is 0 Å². The molecule has 1 aromatic rings. The number of allylic oxidation sites excluding steroid dienone is 3. The summed E-state index contributed by atoms with van der Waals surface area (Å²) in [7, 11) is 3.66. The first kappa shape index (κ1) is 18.4. The van der Waals surface area contributed by atoms with E-state index in [0.717, 1.165) is 23.4 Å². The quantitative estimate of drug-likeness (QED) is 0.766. The van der Waals surface area contributed by atoms with Crippen LogP contribution in [0, 0.1) is 0 Å². The number of rotatable bonds is 5. The van der Waals surface area contributed by atoms with E-state index < -0.39 is 6.36 Å². The van der Waals surface area contributed by atoms with E-state index in [1.54, 1.807) is 19.2 Å². The molecule has 6 heteroatoms. The van der Waals surface area contributed by atoms with Crippen molar-refractivity contribution in [3.8, 4) is 5.75 Å². The first-order chi connectivity index (χ1) is 11.2. The first-order valence-electron chi connectivity index (χ1n) is 7.69. The predicted molar refractivity (Wildman–Crippen MR) is 86.6 cm³/mol. The zero-order valence-electron chi connectivity index (χ0n) is 14.3. The van der Waals surface area contributed by atoms with E-state index >= 15 is 0 Å². The molecular formula is C18H22F3NO2. The van der Waals surface area contributed by atoms with Gasteiger partial charge in [-0.05, 0) is 43.5 Å². The van der Waals surface area contributed by atoms with Crippen molar-refractivity contribution in [3.63, 3.8) is 0 Å². The van der Waals surface area contributed by atoms with Crippen molar-refractivity contribution in [2.24, 2.45) is 0 Å². The molecule has 2 rings (SSSR count). The van der Waals surface area contributed by atoms with Gasteiger partial charge in [-0.1, -0.05) is 18.2 Å². The second-order valence-corrected chi connectivity index (χ2v) is 5.82. The number of methoxy groups -OCH3 is 1. The van der Waals surface area contributed by atoms with Crippen molar-refractivity contribution in [2.45, 2.75) is 32.5 Å². The highest BCUT2D eigenvalue weighted by Crippen LogP contribution is 2.38. The maximum atomic E-state index is 12.3. The van der Waals surface area contributed by atoms with Gasteiger partial charge >= 0.3 is 6.36 Å². The predicted octanol–water partition coefficient (Wildman–Crippen LogP) is 4.83. The molecule has 1 heterocycles. The highest BCUT2D eigenvalue weighted by molar-refractivity contribution is 5.42. The minimum absolute atomic E-state index is 0.0243. The van der Waals surface area contributed by atoms with Crippen LogP contribution in [0.2, 0.25) is 0 Å². The fourth-order valence-corrected chi connectivity index (χ4v) is 2.88. The fourth-order valence-electron chi connectivity index (χ4n) is 2.88. The number of nitrogens with zero attached hydrogens (tertiary/aromatic N) is 1. The summed E-state index contributed by atoms with van der Waals surface area (Å²) in [6, 6.07) is 6.07. The Hall–Kier alpha value is -1.95. The van der Waals surface area contributed by atoms with E-state index in [-0.39, 0.29) is 11.7 Å². The van der Waals surface area contributed by atoms with E-state index in [1.165, 1.54) is 17.7 Å². The van der Waals surface area contributed by atoms with Gasteiger partial charge in [-0.25, -0.2) is 0 Å². The molecular weight excluding hydrogens is 319 g/mol. The minimum Gasteiger partial charge on any atom is -0.406 e. The van der Waals surface area contributed by atoms with Crippen LogP contribution in [0.1, 0.15) is 31.7 Å². The number of hydrogen-bond donors (Lipinski definition) is 0. The largest absolute Gasteiger partial charge is 0.573 e. The van der Waals surface area contributed by atoms with Gasteiger partial charge < -0.3 is 14.4 Å². The third-order valence-electron chi connectivity index (χ3n) is 4.33. The molecule has 1 aliphatic heterocycles. The van der Waals surface area contributed by atoms with Gasteiger partial charge in [0.05, 0.1) is 6.61 Å². The SMILES string of the molecule is COCCC1=C(C)N(C)C(C)=CC1c1ccc(OC(F)(F)F)cc1. The van der Waals surface area contributed by atoms with E-state index in [2.05, 4.69) is 22.6 Å². The van der Waals surface area contributed by atoms with Crippen LogP contribution in [0.25, 0.3) is 0 Å². The summed E-state index contributed by atoms with van der Waals surface area (Å²) in [4.78, 5) is 2.11. The lowest BCUT2D eigenvalue weighted by Crippen LogP contribution is -2.23. The maximum absolute atomic E-state index is 12.3. The summed E-state index contributed by atoms with van der Waals surface area (Å²) in [5, 5.41) is 0. The van der Waals surface area contributed by atoms with Crippen molar-refractivity contribution in [2.75, 3.05) is 20.8 Å². The highest BCUT2D eigenvalue weighted by Gasteiger charge is 2.31. The molecule has 0 saturated carbocycles. The Morgan fingerprint density at radius 3 is 2.29 bits per heavy atom. The van der Waals surface area contributed by atoms with Gasteiger partial charge in [0, 0.05) is 31.5 Å². The Labute approximate surface area is 140 Å². The van der Waals surface area contributed by atoms with Crippen LogP contribution in [0.3, 0.4) is 0 Å². The topological polar surface area (TPSA) is 21.7 Å². The summed E-state index contributed by atoms with van der Waals surface area (Å²) >= 11 is 0. The summed E-state index contributed by atoms with van der Waals surface area (Å²) in [5.41, 5.74) is 4.39. The Balaban J connectivity index is 2.30. The summed E-state index contributed by atoms with van der Waals surface area (Å²) in [6.07, 6.45) is -1.79. The van der Waals surface area contributed by atoms with E-state index in [0.29, 0.717) is 6.61 Å². The molecule has 0 N–H and O–H groups in total. The van der Waals surface area contributed by atoms with Crippen LogP contribution in [0.5, 0.6) is 5.75 Å². The summed E-state index contributed by atoms with van der Waals surface area (Å²) < 4.78 is 46.0. The summed E-state index contributed by atoms with van der Waals surface area (Å²) in [6.45, 7) is 4.67. The van der Waals surface area contributed by atoms with Gasteiger partial charge in [-0.3, -0.25) is 0 Å². The Morgan fingerprint density at radius 2 is 1.75 bits per heavy atom. The zero-order valence-corrected chi connectivity index (χ0v) is 14.3. The molecule has 0 amide bonds. The Bertz CT molecular complexity index is 633. The van der Waals surface area contributed by atoms with Gasteiger partial charge in [0.2, 0.25) is 0 Å². The molecule has 0 radical (unpaired) electrons. The Kier molecular flexibility index (Phi) is 5.59. The second kappa shape index (κ2) is 7.30. The smallest absolute Gasteiger partial charge is 0.406 e. The second-order valence-electron chi connectivity index (χ2n) is 5.82. The highest BCUT2D eigenvalue weighted by atomic mass is 19.4. The minimum atomic E-state index is -4.67. The van der Waals surface area contributed by atoms with E-state index in [9.17, 15) is 13.2 Å². The van der Waals surface area contributed by atoms with Crippen molar-refractivity contribution in [1.82, 2.24) is 4.90 Å². The average Bonchev–Trinajstić information content (AvgIpc) is 2.51. The van der Waals surface area contributed by atoms with Crippen molar-refractivity contribution < 1.29 is 22.6 Å². The Morgan fingerprint density at radius 1 is 1.12 bits per heavy atom. The average molecular weight is 341 g/mol. The molecule has 3 nitrogen and oxygen atoms in total. The molecule has 24 heavy (non-hydrogen) atoms. The molecule has 0 bridgehead atoms. The lowest BCUT2D eigenvalue weighted by molar-refractivity contribution is -0.274. The number of hydrogen-bond acceptors (Lipinski definition) is 3. The summed E-state index contributed by atoms with van der Waals surface area (Å²) in [5.74, 6) is -0.185. The normalized spacial score (nSPS) is 18.7. The van der Waals surface area contributed by atoms with Crippen LogP contribution < -0.4 is 4.74 Å². The van der Waals surface area contributed by atoms with Gasteiger partial charge in [0.15, 0.2) is 0 Å². The number of benzene rings is 1. The molecule has 0 saturated heterocycles. The van der Waals surface area contributed by atoms with E-state index in [4.69, 9.17) is 4.74 Å². The zero-order chi connectivity index (χ0) is 17.9. The fraction of sp³-hybridized carbons (Fsp3) is 0.444. The molecule has 1 aromatic carbocycles. The van der Waals surface area contributed by atoms with Crippen molar-refractivity contribution in [3.05, 3.63) is 52.9 Å². The van der Waals surface area contributed by atoms with Gasteiger partial charge in [0.1, 0.15) is 5.75 Å². The molecule has 0 aliphatic carbocycles. The third kappa shape index (κ3) is 4.32.